The number of rotatable bonds is 9. The second kappa shape index (κ2) is 10.6. The fourth-order valence-corrected chi connectivity index (χ4v) is 4.89. The number of nitrogens with zero attached hydrogens (tertiary/aromatic N) is 2. The maximum Gasteiger partial charge on any atom is 0.225 e. The van der Waals surface area contributed by atoms with Crippen LogP contribution < -0.4 is 4.74 Å². The topological polar surface area (TPSA) is 45.9 Å². The Bertz CT molecular complexity index is 883. The number of carbonyl (C=O) groups is 1. The zero-order valence-corrected chi connectivity index (χ0v) is 20.9. The van der Waals surface area contributed by atoms with Gasteiger partial charge in [0, 0.05) is 38.0 Å². The molecule has 0 radical (unpaired) electrons. The standard InChI is InChI=1S/C27H40N2O3/c1-18(2)13-29(27(30)19(3)4)15-22-14-28(16-23-12-20(5)21(6)32-23)17-25(22)24-10-8-9-11-26(24)31-7/h8-12,18-19,22,25H,13-17H2,1-7H3/t22-,25-/m1/s1. The highest BCUT2D eigenvalue weighted by atomic mass is 16.5. The summed E-state index contributed by atoms with van der Waals surface area (Å²) in [6, 6.07) is 10.5. The van der Waals surface area contributed by atoms with Gasteiger partial charge in [-0.15, -0.1) is 0 Å². The van der Waals surface area contributed by atoms with Gasteiger partial charge in [-0.3, -0.25) is 9.69 Å². The van der Waals surface area contributed by atoms with Crippen LogP contribution in [-0.4, -0.2) is 49.0 Å². The van der Waals surface area contributed by atoms with Gasteiger partial charge in [0.1, 0.15) is 17.3 Å². The summed E-state index contributed by atoms with van der Waals surface area (Å²) in [7, 11) is 1.74. The van der Waals surface area contributed by atoms with Crippen molar-refractivity contribution >= 4 is 5.91 Å². The van der Waals surface area contributed by atoms with Gasteiger partial charge in [0.25, 0.3) is 0 Å². The highest BCUT2D eigenvalue weighted by Crippen LogP contribution is 2.38. The number of ether oxygens (including phenoxy) is 1. The zero-order chi connectivity index (χ0) is 23.4. The van der Waals surface area contributed by atoms with Crippen molar-refractivity contribution in [3.8, 4) is 5.75 Å². The molecule has 5 nitrogen and oxygen atoms in total. The van der Waals surface area contributed by atoms with Crippen LogP contribution in [0.4, 0.5) is 0 Å². The highest BCUT2D eigenvalue weighted by molar-refractivity contribution is 5.78. The number of furan rings is 1. The molecule has 1 fully saturated rings. The van der Waals surface area contributed by atoms with Crippen LogP contribution in [0.15, 0.2) is 34.7 Å². The predicted octanol–water partition coefficient (Wildman–Crippen LogP) is 5.26. The maximum atomic E-state index is 13.0. The highest BCUT2D eigenvalue weighted by Gasteiger charge is 2.37. The molecule has 0 spiro atoms. The van der Waals surface area contributed by atoms with E-state index in [1.54, 1.807) is 7.11 Å². The van der Waals surface area contributed by atoms with E-state index in [9.17, 15) is 4.79 Å². The first-order valence-electron chi connectivity index (χ1n) is 11.9. The Kier molecular flexibility index (Phi) is 8.05. The summed E-state index contributed by atoms with van der Waals surface area (Å²) in [5, 5.41) is 0. The van der Waals surface area contributed by atoms with E-state index in [1.807, 2.05) is 32.9 Å². The normalized spacial score (nSPS) is 19.2. The minimum atomic E-state index is 0.00466. The SMILES string of the molecule is COc1ccccc1[C@@H]1CN(Cc2cc(C)c(C)o2)C[C@@H]1CN(CC(C)C)C(=O)C(C)C. The average Bonchev–Trinajstić information content (AvgIpc) is 3.28. The third-order valence-electron chi connectivity index (χ3n) is 6.50. The lowest BCUT2D eigenvalue weighted by atomic mass is 9.87. The number of carbonyl (C=O) groups excluding carboxylic acids is 1. The van der Waals surface area contributed by atoms with Gasteiger partial charge < -0.3 is 14.1 Å². The van der Waals surface area contributed by atoms with E-state index in [-0.39, 0.29) is 11.8 Å². The Morgan fingerprint density at radius 1 is 1.19 bits per heavy atom. The van der Waals surface area contributed by atoms with Crippen molar-refractivity contribution in [2.45, 2.75) is 54.0 Å². The van der Waals surface area contributed by atoms with Gasteiger partial charge >= 0.3 is 0 Å². The molecule has 0 bridgehead atoms. The first-order chi connectivity index (χ1) is 15.2. The molecule has 1 aliphatic heterocycles. The van der Waals surface area contributed by atoms with Crippen molar-refractivity contribution < 1.29 is 13.9 Å². The van der Waals surface area contributed by atoms with Crippen LogP contribution in [0, 0.1) is 31.6 Å². The Morgan fingerprint density at radius 2 is 1.91 bits per heavy atom. The third kappa shape index (κ3) is 5.74. The van der Waals surface area contributed by atoms with Crippen LogP contribution in [0.5, 0.6) is 5.75 Å². The first-order valence-corrected chi connectivity index (χ1v) is 11.9. The number of likely N-dealkylation sites (tertiary alicyclic amines) is 1. The van der Waals surface area contributed by atoms with Crippen LogP contribution >= 0.6 is 0 Å². The lowest BCUT2D eigenvalue weighted by Gasteiger charge is -2.31. The number of benzene rings is 1. The molecule has 1 amide bonds. The molecule has 0 saturated carbocycles. The van der Waals surface area contributed by atoms with Crippen molar-refractivity contribution in [2.24, 2.45) is 17.8 Å². The van der Waals surface area contributed by atoms with Gasteiger partial charge in [0.15, 0.2) is 0 Å². The van der Waals surface area contributed by atoms with Gasteiger partial charge in [-0.25, -0.2) is 0 Å². The fourth-order valence-electron chi connectivity index (χ4n) is 4.89. The van der Waals surface area contributed by atoms with Crippen LogP contribution in [0.3, 0.4) is 0 Å². The quantitative estimate of drug-likeness (QED) is 0.533. The number of aryl methyl sites for hydroxylation is 2. The van der Waals surface area contributed by atoms with Crippen LogP contribution in [0.1, 0.15) is 56.3 Å². The lowest BCUT2D eigenvalue weighted by molar-refractivity contribution is -0.135. The second-order valence-corrected chi connectivity index (χ2v) is 10.0. The third-order valence-corrected chi connectivity index (χ3v) is 6.50. The number of methoxy groups -OCH3 is 1. The smallest absolute Gasteiger partial charge is 0.225 e. The lowest BCUT2D eigenvalue weighted by Crippen LogP contribution is -2.41. The Morgan fingerprint density at radius 3 is 2.50 bits per heavy atom. The van der Waals surface area contributed by atoms with Gasteiger partial charge in [-0.05, 0) is 48.9 Å². The van der Waals surface area contributed by atoms with E-state index in [4.69, 9.17) is 9.15 Å². The molecule has 1 saturated heterocycles. The predicted molar refractivity (Wildman–Crippen MR) is 129 cm³/mol. The largest absolute Gasteiger partial charge is 0.496 e. The monoisotopic (exact) mass is 440 g/mol. The summed E-state index contributed by atoms with van der Waals surface area (Å²) >= 11 is 0. The Labute approximate surface area is 193 Å². The first kappa shape index (κ1) is 24.4. The molecule has 176 valence electrons. The van der Waals surface area contributed by atoms with Crippen LogP contribution in [0.2, 0.25) is 0 Å². The van der Waals surface area contributed by atoms with Crippen molar-refractivity contribution in [3.05, 3.63) is 53.0 Å². The van der Waals surface area contributed by atoms with E-state index in [1.165, 1.54) is 11.1 Å². The summed E-state index contributed by atoms with van der Waals surface area (Å²) in [6.45, 7) is 16.7. The molecule has 0 aliphatic carbocycles. The molecule has 0 unspecified atom stereocenters. The van der Waals surface area contributed by atoms with Crippen molar-refractivity contribution in [1.82, 2.24) is 9.80 Å². The number of hydrogen-bond donors (Lipinski definition) is 0. The molecule has 5 heteroatoms. The fraction of sp³-hybridized carbons (Fsp3) is 0.593. The van der Waals surface area contributed by atoms with Crippen LogP contribution in [0.25, 0.3) is 0 Å². The molecule has 2 atom stereocenters. The second-order valence-electron chi connectivity index (χ2n) is 10.0. The summed E-state index contributed by atoms with van der Waals surface area (Å²) in [6.07, 6.45) is 0. The molecule has 1 aromatic heterocycles. The van der Waals surface area contributed by atoms with Gasteiger partial charge in [0.05, 0.1) is 13.7 Å². The molecular weight excluding hydrogens is 400 g/mol. The van der Waals surface area contributed by atoms with E-state index < -0.39 is 0 Å². The molecule has 2 heterocycles. The Balaban J connectivity index is 1.87. The number of para-hydroxylation sites is 1. The summed E-state index contributed by atoms with van der Waals surface area (Å²) < 4.78 is 11.7. The molecular formula is C27H40N2O3. The van der Waals surface area contributed by atoms with Crippen molar-refractivity contribution in [3.63, 3.8) is 0 Å². The van der Waals surface area contributed by atoms with Gasteiger partial charge in [-0.1, -0.05) is 45.9 Å². The average molecular weight is 441 g/mol. The van der Waals surface area contributed by atoms with Crippen molar-refractivity contribution in [1.29, 1.82) is 0 Å². The minimum Gasteiger partial charge on any atom is -0.496 e. The summed E-state index contributed by atoms with van der Waals surface area (Å²) in [5.41, 5.74) is 2.43. The van der Waals surface area contributed by atoms with E-state index in [2.05, 4.69) is 48.8 Å². The summed E-state index contributed by atoms with van der Waals surface area (Å²) in [5.74, 6) is 4.26. The molecule has 32 heavy (non-hydrogen) atoms. The molecule has 1 aliphatic rings. The van der Waals surface area contributed by atoms with Crippen LogP contribution in [-0.2, 0) is 11.3 Å². The van der Waals surface area contributed by atoms with E-state index >= 15 is 0 Å². The van der Waals surface area contributed by atoms with Crippen molar-refractivity contribution in [2.75, 3.05) is 33.3 Å². The van der Waals surface area contributed by atoms with Gasteiger partial charge in [0.2, 0.25) is 5.91 Å². The summed E-state index contributed by atoms with van der Waals surface area (Å²) in [4.78, 5) is 17.6. The maximum absolute atomic E-state index is 13.0. The number of hydrogen-bond acceptors (Lipinski definition) is 4. The molecule has 2 aromatic rings. The van der Waals surface area contributed by atoms with Gasteiger partial charge in [-0.2, -0.15) is 0 Å². The molecule has 1 aromatic carbocycles. The molecule has 0 N–H and O–H groups in total. The number of amides is 1. The molecule has 3 rings (SSSR count). The Hall–Kier alpha value is -2.27. The van der Waals surface area contributed by atoms with E-state index in [0.717, 1.165) is 50.0 Å². The minimum absolute atomic E-state index is 0.00466. The van der Waals surface area contributed by atoms with E-state index in [0.29, 0.717) is 17.8 Å². The zero-order valence-electron chi connectivity index (χ0n) is 20.9.